The highest BCUT2D eigenvalue weighted by Crippen LogP contribution is 2.31. The monoisotopic (exact) mass is 404 g/mol. The van der Waals surface area contributed by atoms with Gasteiger partial charge in [0.05, 0.1) is 23.7 Å². The maximum absolute atomic E-state index is 13.8. The fraction of sp³-hybridized carbons (Fsp3) is 0.0870. The van der Waals surface area contributed by atoms with E-state index in [0.717, 1.165) is 0 Å². The Morgan fingerprint density at radius 2 is 1.87 bits per heavy atom. The quantitative estimate of drug-likeness (QED) is 0.228. The third kappa shape index (κ3) is 4.80. The maximum Gasteiger partial charge on any atom is 0.269 e. The molecule has 150 valence electrons. The Kier molecular flexibility index (Phi) is 6.40. The molecule has 0 aliphatic carbocycles. The van der Waals surface area contributed by atoms with Gasteiger partial charge < -0.3 is 9.47 Å². The van der Waals surface area contributed by atoms with E-state index in [9.17, 15) is 19.8 Å². The van der Waals surface area contributed by atoms with Gasteiger partial charge in [-0.3, -0.25) is 10.1 Å². The van der Waals surface area contributed by atoms with E-state index in [0.29, 0.717) is 33.8 Å². The van der Waals surface area contributed by atoms with Crippen LogP contribution in [0.3, 0.4) is 0 Å². The zero-order chi connectivity index (χ0) is 21.5. The first kappa shape index (κ1) is 20.6. The summed E-state index contributed by atoms with van der Waals surface area (Å²) in [6.07, 6.45) is 1.64. The topological polar surface area (TPSA) is 85.4 Å². The van der Waals surface area contributed by atoms with Gasteiger partial charge in [0, 0.05) is 17.7 Å². The zero-order valence-corrected chi connectivity index (χ0v) is 16.0. The average Bonchev–Trinajstić information content (AvgIpc) is 2.77. The number of nitrogens with zero attached hydrogens (tertiary/aromatic N) is 2. The highest BCUT2D eigenvalue weighted by Gasteiger charge is 2.10. The predicted octanol–water partition coefficient (Wildman–Crippen LogP) is 5.39. The van der Waals surface area contributed by atoms with Crippen molar-refractivity contribution in [1.82, 2.24) is 0 Å². The van der Waals surface area contributed by atoms with Crippen molar-refractivity contribution in [3.05, 3.63) is 99.4 Å². The van der Waals surface area contributed by atoms with Gasteiger partial charge in [-0.05, 0) is 47.5 Å². The number of nitriles is 1. The molecular formula is C23H17FN2O4. The molecule has 3 aromatic carbocycles. The molecule has 0 spiro atoms. The molecule has 0 N–H and O–H groups in total. The Morgan fingerprint density at radius 1 is 1.13 bits per heavy atom. The van der Waals surface area contributed by atoms with E-state index in [1.807, 2.05) is 0 Å². The minimum absolute atomic E-state index is 0.0461. The SMILES string of the molecule is COc1cc(/C=C(/C#N)c2ccc([N+](=O)[O-])cc2)ccc1OCc1ccccc1F. The molecule has 0 aliphatic rings. The van der Waals surface area contributed by atoms with Gasteiger partial charge in [0.25, 0.3) is 5.69 Å². The molecule has 7 heteroatoms. The first-order valence-electron chi connectivity index (χ1n) is 8.92. The van der Waals surface area contributed by atoms with E-state index in [4.69, 9.17) is 9.47 Å². The minimum Gasteiger partial charge on any atom is -0.493 e. The van der Waals surface area contributed by atoms with Gasteiger partial charge in [0.1, 0.15) is 12.4 Å². The molecule has 0 aliphatic heterocycles. The molecule has 0 amide bonds. The molecule has 0 saturated heterocycles. The number of allylic oxidation sites excluding steroid dienone is 1. The van der Waals surface area contributed by atoms with Gasteiger partial charge in [-0.1, -0.05) is 24.3 Å². The lowest BCUT2D eigenvalue weighted by atomic mass is 10.0. The Bertz CT molecular complexity index is 1130. The van der Waals surface area contributed by atoms with Crippen LogP contribution < -0.4 is 9.47 Å². The fourth-order valence-corrected chi connectivity index (χ4v) is 2.77. The summed E-state index contributed by atoms with van der Waals surface area (Å²) in [5.41, 5.74) is 1.96. The third-order valence-electron chi connectivity index (χ3n) is 4.35. The van der Waals surface area contributed by atoms with Crippen LogP contribution >= 0.6 is 0 Å². The Labute approximate surface area is 172 Å². The van der Waals surface area contributed by atoms with Crippen LogP contribution in [0, 0.1) is 27.3 Å². The van der Waals surface area contributed by atoms with E-state index >= 15 is 0 Å². The van der Waals surface area contributed by atoms with E-state index in [2.05, 4.69) is 6.07 Å². The van der Waals surface area contributed by atoms with Crippen molar-refractivity contribution in [3.8, 4) is 17.6 Å². The first-order chi connectivity index (χ1) is 14.5. The fourth-order valence-electron chi connectivity index (χ4n) is 2.77. The van der Waals surface area contributed by atoms with E-state index in [1.165, 1.54) is 37.4 Å². The minimum atomic E-state index is -0.496. The van der Waals surface area contributed by atoms with Crippen molar-refractivity contribution in [2.24, 2.45) is 0 Å². The molecule has 0 unspecified atom stereocenters. The molecular weight excluding hydrogens is 387 g/mol. The summed E-state index contributed by atoms with van der Waals surface area (Å²) < 4.78 is 24.8. The highest BCUT2D eigenvalue weighted by molar-refractivity contribution is 5.90. The van der Waals surface area contributed by atoms with Gasteiger partial charge in [-0.25, -0.2) is 4.39 Å². The lowest BCUT2D eigenvalue weighted by molar-refractivity contribution is -0.384. The molecule has 0 saturated carbocycles. The number of nitro benzene ring substituents is 1. The van der Waals surface area contributed by atoms with Crippen LogP contribution in [0.2, 0.25) is 0 Å². The number of methoxy groups -OCH3 is 1. The van der Waals surface area contributed by atoms with Crippen molar-refractivity contribution in [2.75, 3.05) is 7.11 Å². The molecule has 3 aromatic rings. The van der Waals surface area contributed by atoms with Crippen LogP contribution in [0.1, 0.15) is 16.7 Å². The lowest BCUT2D eigenvalue weighted by Crippen LogP contribution is -2.00. The summed E-state index contributed by atoms with van der Waals surface area (Å²) in [4.78, 5) is 10.3. The predicted molar refractivity (Wildman–Crippen MR) is 110 cm³/mol. The normalized spacial score (nSPS) is 10.9. The van der Waals surface area contributed by atoms with Gasteiger partial charge in [-0.2, -0.15) is 5.26 Å². The van der Waals surface area contributed by atoms with Crippen molar-refractivity contribution in [1.29, 1.82) is 5.26 Å². The number of benzene rings is 3. The van der Waals surface area contributed by atoms with Crippen molar-refractivity contribution >= 4 is 17.3 Å². The van der Waals surface area contributed by atoms with Crippen molar-refractivity contribution in [2.45, 2.75) is 6.61 Å². The number of hydrogen-bond donors (Lipinski definition) is 0. The molecule has 0 fully saturated rings. The summed E-state index contributed by atoms with van der Waals surface area (Å²) >= 11 is 0. The van der Waals surface area contributed by atoms with Crippen LogP contribution in [0.15, 0.2) is 66.7 Å². The van der Waals surface area contributed by atoms with Crippen LogP contribution in [-0.2, 0) is 6.61 Å². The number of non-ortho nitro benzene ring substituents is 1. The molecule has 0 bridgehead atoms. The summed E-state index contributed by atoms with van der Waals surface area (Å²) in [5.74, 6) is 0.519. The zero-order valence-electron chi connectivity index (χ0n) is 16.0. The summed E-state index contributed by atoms with van der Waals surface area (Å²) in [6.45, 7) is 0.0461. The number of nitro groups is 1. The third-order valence-corrected chi connectivity index (χ3v) is 4.35. The molecule has 0 aromatic heterocycles. The first-order valence-corrected chi connectivity index (χ1v) is 8.92. The van der Waals surface area contributed by atoms with Gasteiger partial charge in [0.15, 0.2) is 11.5 Å². The van der Waals surface area contributed by atoms with Crippen molar-refractivity contribution < 1.29 is 18.8 Å². The summed E-state index contributed by atoms with van der Waals surface area (Å²) in [6, 6.07) is 19.3. The van der Waals surface area contributed by atoms with Crippen LogP contribution in [0.4, 0.5) is 10.1 Å². The Balaban J connectivity index is 1.83. The second kappa shape index (κ2) is 9.34. The average molecular weight is 404 g/mol. The van der Waals surface area contributed by atoms with Gasteiger partial charge >= 0.3 is 0 Å². The largest absolute Gasteiger partial charge is 0.493 e. The molecule has 0 radical (unpaired) electrons. The molecule has 0 heterocycles. The molecule has 30 heavy (non-hydrogen) atoms. The van der Waals surface area contributed by atoms with Crippen LogP contribution in [-0.4, -0.2) is 12.0 Å². The maximum atomic E-state index is 13.8. The smallest absolute Gasteiger partial charge is 0.269 e. The lowest BCUT2D eigenvalue weighted by Gasteiger charge is -2.12. The Hall–Kier alpha value is -4.18. The number of halogens is 1. The number of hydrogen-bond acceptors (Lipinski definition) is 5. The number of rotatable bonds is 7. The van der Waals surface area contributed by atoms with E-state index in [-0.39, 0.29) is 18.1 Å². The van der Waals surface area contributed by atoms with E-state index < -0.39 is 4.92 Å². The summed E-state index contributed by atoms with van der Waals surface area (Å²) in [5, 5.41) is 20.3. The standard InChI is InChI=1S/C23H17FN2O4/c1-29-23-13-16(6-11-22(23)30-15-18-4-2-3-5-21(18)24)12-19(14-25)17-7-9-20(10-8-17)26(27)28/h2-13H,15H2,1H3/b19-12-. The Morgan fingerprint density at radius 3 is 2.50 bits per heavy atom. The van der Waals surface area contributed by atoms with Gasteiger partial charge in [-0.15, -0.1) is 0 Å². The summed E-state index contributed by atoms with van der Waals surface area (Å²) in [7, 11) is 1.49. The van der Waals surface area contributed by atoms with E-state index in [1.54, 1.807) is 42.5 Å². The molecule has 0 atom stereocenters. The second-order valence-corrected chi connectivity index (χ2v) is 6.26. The van der Waals surface area contributed by atoms with Crippen LogP contribution in [0.5, 0.6) is 11.5 Å². The number of ether oxygens (including phenoxy) is 2. The van der Waals surface area contributed by atoms with Gasteiger partial charge in [0.2, 0.25) is 0 Å². The molecule has 6 nitrogen and oxygen atoms in total. The second-order valence-electron chi connectivity index (χ2n) is 6.26. The highest BCUT2D eigenvalue weighted by atomic mass is 19.1. The van der Waals surface area contributed by atoms with Crippen LogP contribution in [0.25, 0.3) is 11.6 Å². The van der Waals surface area contributed by atoms with Crippen molar-refractivity contribution in [3.63, 3.8) is 0 Å². The molecule has 3 rings (SSSR count).